The van der Waals surface area contributed by atoms with Crippen LogP contribution in [0.4, 0.5) is 0 Å². The molecule has 0 aromatic carbocycles. The largest absolute Gasteiger partial charge is 0.468 e. The Hall–Kier alpha value is -1.91. The number of hydrogen-bond donors (Lipinski definition) is 1. The third kappa shape index (κ3) is 2.02. The van der Waals surface area contributed by atoms with Crippen molar-refractivity contribution in [2.75, 3.05) is 0 Å². The molecule has 0 atom stereocenters. The number of rotatable bonds is 3. The normalized spacial score (nSPS) is 9.85. The van der Waals surface area contributed by atoms with E-state index in [-0.39, 0.29) is 0 Å². The fourth-order valence-corrected chi connectivity index (χ4v) is 0.831. The van der Waals surface area contributed by atoms with Crippen LogP contribution in [0.3, 0.4) is 0 Å². The maximum Gasteiger partial charge on any atom is 0.232 e. The van der Waals surface area contributed by atoms with Crippen LogP contribution in [-0.2, 0) is 6.61 Å². The highest BCUT2D eigenvalue weighted by Gasteiger charge is 1.97. The Bertz CT molecular complexity index is 346. The second-order valence-electron chi connectivity index (χ2n) is 2.30. The van der Waals surface area contributed by atoms with Gasteiger partial charge in [-0.15, -0.1) is 0 Å². The second-order valence-corrected chi connectivity index (χ2v) is 2.30. The van der Waals surface area contributed by atoms with Gasteiger partial charge in [-0.3, -0.25) is 0 Å². The molecular formula is C8H7N4O. The van der Waals surface area contributed by atoms with E-state index in [4.69, 9.17) is 4.74 Å². The molecule has 0 aliphatic heterocycles. The lowest BCUT2D eigenvalue weighted by molar-refractivity contribution is 0.285. The first-order chi connectivity index (χ1) is 6.45. The van der Waals surface area contributed by atoms with E-state index in [0.717, 1.165) is 0 Å². The molecule has 0 aliphatic carbocycles. The Labute approximate surface area is 74.8 Å². The zero-order valence-corrected chi connectivity index (χ0v) is 6.77. The molecule has 2 rings (SSSR count). The lowest BCUT2D eigenvalue weighted by Gasteiger charge is -1.99. The topological polar surface area (TPSA) is 63.7 Å². The Balaban J connectivity index is 1.94. The third-order valence-electron chi connectivity index (χ3n) is 1.39. The van der Waals surface area contributed by atoms with Gasteiger partial charge in [0.25, 0.3) is 0 Å². The first kappa shape index (κ1) is 7.72. The fourth-order valence-electron chi connectivity index (χ4n) is 0.831. The third-order valence-corrected chi connectivity index (χ3v) is 1.39. The molecule has 0 saturated carbocycles. The summed E-state index contributed by atoms with van der Waals surface area (Å²) in [5, 5.41) is 0. The van der Waals surface area contributed by atoms with E-state index in [0.29, 0.717) is 18.3 Å². The van der Waals surface area contributed by atoms with Crippen molar-refractivity contribution in [1.29, 1.82) is 0 Å². The molecule has 1 radical (unpaired) electrons. The van der Waals surface area contributed by atoms with Crippen molar-refractivity contribution in [2.24, 2.45) is 0 Å². The van der Waals surface area contributed by atoms with Crippen LogP contribution >= 0.6 is 0 Å². The summed E-state index contributed by atoms with van der Waals surface area (Å²) >= 11 is 0. The van der Waals surface area contributed by atoms with Gasteiger partial charge in [0.15, 0.2) is 12.2 Å². The molecule has 65 valence electrons. The summed E-state index contributed by atoms with van der Waals surface area (Å²) in [6.07, 6.45) is 7.48. The van der Waals surface area contributed by atoms with Crippen LogP contribution < -0.4 is 4.74 Å². The van der Waals surface area contributed by atoms with Crippen LogP contribution in [0.1, 0.15) is 5.82 Å². The lowest BCUT2D eigenvalue weighted by atomic mass is 10.6. The number of H-pyrrole nitrogens is 1. The summed E-state index contributed by atoms with van der Waals surface area (Å²) in [5.74, 6) is 1.12. The zero-order chi connectivity index (χ0) is 8.93. The summed E-state index contributed by atoms with van der Waals surface area (Å²) in [5.41, 5.74) is 0. The highest BCUT2D eigenvalue weighted by molar-refractivity contribution is 5.01. The van der Waals surface area contributed by atoms with E-state index in [1.165, 1.54) is 0 Å². The van der Waals surface area contributed by atoms with Crippen molar-refractivity contribution < 1.29 is 4.74 Å². The first-order valence-corrected chi connectivity index (χ1v) is 3.75. The van der Waals surface area contributed by atoms with E-state index in [1.54, 1.807) is 24.7 Å². The fraction of sp³-hybridized carbons (Fsp3) is 0.125. The molecule has 0 amide bonds. The Morgan fingerprint density at radius 2 is 2.23 bits per heavy atom. The molecule has 13 heavy (non-hydrogen) atoms. The smallest absolute Gasteiger partial charge is 0.232 e. The molecule has 5 heteroatoms. The van der Waals surface area contributed by atoms with E-state index in [9.17, 15) is 0 Å². The van der Waals surface area contributed by atoms with Crippen molar-refractivity contribution in [3.8, 4) is 5.88 Å². The van der Waals surface area contributed by atoms with Crippen molar-refractivity contribution >= 4 is 0 Å². The van der Waals surface area contributed by atoms with Crippen LogP contribution in [0.5, 0.6) is 5.88 Å². The van der Waals surface area contributed by atoms with E-state index in [2.05, 4.69) is 26.3 Å². The van der Waals surface area contributed by atoms with Crippen LogP contribution in [-0.4, -0.2) is 19.9 Å². The maximum absolute atomic E-state index is 5.23. The highest BCUT2D eigenvalue weighted by atomic mass is 16.5. The van der Waals surface area contributed by atoms with Gasteiger partial charge in [0.1, 0.15) is 6.61 Å². The number of imidazole rings is 1. The van der Waals surface area contributed by atoms with Crippen molar-refractivity contribution in [3.05, 3.63) is 36.8 Å². The van der Waals surface area contributed by atoms with Gasteiger partial charge in [0.05, 0.1) is 6.20 Å². The van der Waals surface area contributed by atoms with Gasteiger partial charge in [-0.25, -0.2) is 9.97 Å². The lowest BCUT2D eigenvalue weighted by Crippen LogP contribution is -2.00. The number of aromatic amines is 1. The van der Waals surface area contributed by atoms with Crippen molar-refractivity contribution in [3.63, 3.8) is 0 Å². The van der Waals surface area contributed by atoms with Crippen LogP contribution in [0.2, 0.25) is 0 Å². The molecule has 2 aromatic heterocycles. The van der Waals surface area contributed by atoms with Crippen LogP contribution in [0, 0.1) is 6.33 Å². The van der Waals surface area contributed by atoms with Gasteiger partial charge in [0, 0.05) is 12.4 Å². The molecule has 0 unspecified atom stereocenters. The average Bonchev–Trinajstić information content (AvgIpc) is 2.69. The van der Waals surface area contributed by atoms with Crippen molar-refractivity contribution in [1.82, 2.24) is 19.9 Å². The van der Waals surface area contributed by atoms with Gasteiger partial charge >= 0.3 is 0 Å². The highest BCUT2D eigenvalue weighted by Crippen LogP contribution is 2.03. The second kappa shape index (κ2) is 3.66. The molecule has 2 heterocycles. The van der Waals surface area contributed by atoms with Gasteiger partial charge in [-0.1, -0.05) is 0 Å². The van der Waals surface area contributed by atoms with Gasteiger partial charge in [-0.05, 0) is 6.07 Å². The summed E-state index contributed by atoms with van der Waals surface area (Å²) in [6, 6.07) is 1.76. The Kier molecular flexibility index (Phi) is 2.18. The van der Waals surface area contributed by atoms with Gasteiger partial charge < -0.3 is 9.72 Å². The Morgan fingerprint density at radius 1 is 1.38 bits per heavy atom. The Morgan fingerprint density at radius 3 is 2.92 bits per heavy atom. The number of nitrogens with one attached hydrogen (secondary N) is 1. The minimum Gasteiger partial charge on any atom is -0.468 e. The standard InChI is InChI=1S/C8H7N4O/c1-2-10-7(11-3-1)5-13-8-4-9-6-12-8/h1-4H,5H2,(H,9,12). The summed E-state index contributed by atoms with van der Waals surface area (Å²) in [4.78, 5) is 14.4. The van der Waals surface area contributed by atoms with Gasteiger partial charge in [-0.2, -0.15) is 4.98 Å². The molecule has 1 N–H and O–H groups in total. The molecule has 0 aliphatic rings. The number of ether oxygens (including phenoxy) is 1. The van der Waals surface area contributed by atoms with E-state index < -0.39 is 0 Å². The quantitative estimate of drug-likeness (QED) is 0.741. The van der Waals surface area contributed by atoms with E-state index in [1.807, 2.05) is 0 Å². The minimum atomic E-state index is 0.319. The summed E-state index contributed by atoms with van der Waals surface area (Å²) < 4.78 is 5.23. The molecule has 0 saturated heterocycles. The SMILES string of the molecule is [c]1nc(OCc2ncccn2)c[nH]1. The number of hydrogen-bond acceptors (Lipinski definition) is 4. The molecular weight excluding hydrogens is 168 g/mol. The van der Waals surface area contributed by atoms with E-state index >= 15 is 0 Å². The molecule has 0 spiro atoms. The molecule has 0 bridgehead atoms. The number of aromatic nitrogens is 4. The minimum absolute atomic E-state index is 0.319. The maximum atomic E-state index is 5.23. The average molecular weight is 175 g/mol. The number of nitrogens with zero attached hydrogens (tertiary/aromatic N) is 3. The summed E-state index contributed by atoms with van der Waals surface area (Å²) in [7, 11) is 0. The predicted molar refractivity (Wildman–Crippen MR) is 43.8 cm³/mol. The summed E-state index contributed by atoms with van der Waals surface area (Å²) in [6.45, 7) is 0.319. The van der Waals surface area contributed by atoms with Gasteiger partial charge in [0.2, 0.25) is 5.88 Å². The zero-order valence-electron chi connectivity index (χ0n) is 6.77. The monoisotopic (exact) mass is 175 g/mol. The predicted octanol–water partition coefficient (Wildman–Crippen LogP) is 0.579. The molecule has 0 fully saturated rings. The molecule has 2 aromatic rings. The van der Waals surface area contributed by atoms with Crippen LogP contribution in [0.25, 0.3) is 0 Å². The first-order valence-electron chi connectivity index (χ1n) is 3.75. The van der Waals surface area contributed by atoms with Crippen LogP contribution in [0.15, 0.2) is 24.7 Å². The molecule has 5 nitrogen and oxygen atoms in total. The van der Waals surface area contributed by atoms with Crippen molar-refractivity contribution in [2.45, 2.75) is 6.61 Å².